The highest BCUT2D eigenvalue weighted by Crippen LogP contribution is 2.33. The molecule has 0 aliphatic rings. The molecule has 2 aromatic heterocycles. The third-order valence-electron chi connectivity index (χ3n) is 2.46. The minimum atomic E-state index is 0.601. The Morgan fingerprint density at radius 3 is 3.00 bits per heavy atom. The van der Waals surface area contributed by atoms with Crippen molar-refractivity contribution in [3.05, 3.63) is 17.0 Å². The monoisotopic (exact) mass is 237 g/mol. The van der Waals surface area contributed by atoms with Gasteiger partial charge in [0, 0.05) is 17.0 Å². The molecule has 16 heavy (non-hydrogen) atoms. The first-order valence-corrected chi connectivity index (χ1v) is 6.09. The number of nitrogens with zero attached hydrogens (tertiary/aromatic N) is 1. The first kappa shape index (κ1) is 11.0. The number of thiophene rings is 1. The SMILES string of the molecule is CCCc1c(N)n[nH]c1-c1cc(OC)cs1. The summed E-state index contributed by atoms with van der Waals surface area (Å²) in [6.07, 6.45) is 2.00. The second-order valence-corrected chi connectivity index (χ2v) is 4.47. The van der Waals surface area contributed by atoms with Gasteiger partial charge in [-0.05, 0) is 6.42 Å². The number of anilines is 1. The van der Waals surface area contributed by atoms with Crippen LogP contribution < -0.4 is 10.5 Å². The van der Waals surface area contributed by atoms with E-state index in [0.717, 1.165) is 34.7 Å². The fraction of sp³-hybridized carbons (Fsp3) is 0.364. The van der Waals surface area contributed by atoms with Gasteiger partial charge in [0.15, 0.2) is 0 Å². The maximum absolute atomic E-state index is 5.84. The van der Waals surface area contributed by atoms with Gasteiger partial charge in [-0.15, -0.1) is 11.3 Å². The molecule has 5 heteroatoms. The van der Waals surface area contributed by atoms with E-state index in [9.17, 15) is 0 Å². The number of nitrogen functional groups attached to an aromatic ring is 1. The van der Waals surface area contributed by atoms with Gasteiger partial charge in [0.1, 0.15) is 11.6 Å². The number of nitrogens with two attached hydrogens (primary N) is 1. The normalized spacial score (nSPS) is 10.6. The maximum Gasteiger partial charge on any atom is 0.149 e. The Kier molecular flexibility index (Phi) is 3.14. The highest BCUT2D eigenvalue weighted by Gasteiger charge is 2.13. The summed E-state index contributed by atoms with van der Waals surface area (Å²) in [7, 11) is 1.67. The number of nitrogens with one attached hydrogen (secondary N) is 1. The lowest BCUT2D eigenvalue weighted by atomic mass is 10.1. The van der Waals surface area contributed by atoms with E-state index < -0.39 is 0 Å². The van der Waals surface area contributed by atoms with Crippen LogP contribution in [0, 0.1) is 0 Å². The van der Waals surface area contributed by atoms with Crippen LogP contribution in [0.4, 0.5) is 5.82 Å². The van der Waals surface area contributed by atoms with Crippen LogP contribution in [0.5, 0.6) is 5.75 Å². The molecule has 0 saturated carbocycles. The van der Waals surface area contributed by atoms with Gasteiger partial charge in [0.2, 0.25) is 0 Å². The third kappa shape index (κ3) is 1.90. The smallest absolute Gasteiger partial charge is 0.149 e. The minimum absolute atomic E-state index is 0.601. The molecule has 2 heterocycles. The van der Waals surface area contributed by atoms with Crippen LogP contribution in [0.2, 0.25) is 0 Å². The molecule has 0 radical (unpaired) electrons. The van der Waals surface area contributed by atoms with Crippen molar-refractivity contribution in [2.24, 2.45) is 0 Å². The van der Waals surface area contributed by atoms with Gasteiger partial charge >= 0.3 is 0 Å². The van der Waals surface area contributed by atoms with Crippen LogP contribution >= 0.6 is 11.3 Å². The third-order valence-corrected chi connectivity index (χ3v) is 3.38. The predicted octanol–water partition coefficient (Wildman–Crippen LogP) is 2.68. The molecular formula is C11H15N3OS. The summed E-state index contributed by atoms with van der Waals surface area (Å²) < 4.78 is 5.17. The first-order chi connectivity index (χ1) is 7.76. The number of rotatable bonds is 4. The first-order valence-electron chi connectivity index (χ1n) is 5.21. The molecule has 0 unspecified atom stereocenters. The minimum Gasteiger partial charge on any atom is -0.496 e. The number of hydrogen-bond donors (Lipinski definition) is 2. The van der Waals surface area contributed by atoms with Crippen molar-refractivity contribution in [1.82, 2.24) is 10.2 Å². The van der Waals surface area contributed by atoms with Crippen molar-refractivity contribution in [2.45, 2.75) is 19.8 Å². The zero-order chi connectivity index (χ0) is 11.5. The Balaban J connectivity index is 2.39. The summed E-state index contributed by atoms with van der Waals surface area (Å²) in [5.41, 5.74) is 7.96. The predicted molar refractivity (Wildman–Crippen MR) is 66.9 cm³/mol. The molecule has 86 valence electrons. The van der Waals surface area contributed by atoms with Crippen molar-refractivity contribution in [3.8, 4) is 16.3 Å². The molecule has 2 rings (SSSR count). The van der Waals surface area contributed by atoms with Crippen molar-refractivity contribution in [1.29, 1.82) is 0 Å². The number of hydrogen-bond acceptors (Lipinski definition) is 4. The highest BCUT2D eigenvalue weighted by atomic mass is 32.1. The summed E-state index contributed by atoms with van der Waals surface area (Å²) >= 11 is 1.63. The number of aromatic amines is 1. The molecule has 2 aromatic rings. The zero-order valence-corrected chi connectivity index (χ0v) is 10.2. The summed E-state index contributed by atoms with van der Waals surface area (Å²) in [4.78, 5) is 1.12. The standard InChI is InChI=1S/C11H15N3OS/c1-3-4-8-10(13-14-11(8)12)9-5-7(15-2)6-16-9/h5-6H,3-4H2,1-2H3,(H3,12,13,14). The molecule has 0 aromatic carbocycles. The average Bonchev–Trinajstić information content (AvgIpc) is 2.87. The summed E-state index contributed by atoms with van der Waals surface area (Å²) in [5, 5.41) is 9.03. The van der Waals surface area contributed by atoms with Gasteiger partial charge in [-0.3, -0.25) is 5.10 Å². The molecule has 0 bridgehead atoms. The molecule has 0 spiro atoms. The van der Waals surface area contributed by atoms with E-state index in [4.69, 9.17) is 10.5 Å². The summed E-state index contributed by atoms with van der Waals surface area (Å²) in [5.74, 6) is 1.47. The molecule has 0 amide bonds. The van der Waals surface area contributed by atoms with E-state index in [1.807, 2.05) is 11.4 Å². The Bertz CT molecular complexity index is 475. The Morgan fingerprint density at radius 2 is 2.38 bits per heavy atom. The molecule has 3 N–H and O–H groups in total. The topological polar surface area (TPSA) is 63.9 Å². The van der Waals surface area contributed by atoms with Crippen molar-refractivity contribution >= 4 is 17.2 Å². The van der Waals surface area contributed by atoms with Crippen molar-refractivity contribution in [2.75, 3.05) is 12.8 Å². The van der Waals surface area contributed by atoms with E-state index in [0.29, 0.717) is 5.82 Å². The van der Waals surface area contributed by atoms with Crippen LogP contribution in [0.15, 0.2) is 11.4 Å². The van der Waals surface area contributed by atoms with E-state index >= 15 is 0 Å². The fourth-order valence-corrected chi connectivity index (χ4v) is 2.52. The lowest BCUT2D eigenvalue weighted by molar-refractivity contribution is 0.417. The van der Waals surface area contributed by atoms with Crippen LogP contribution in [0.25, 0.3) is 10.6 Å². The Morgan fingerprint density at radius 1 is 1.56 bits per heavy atom. The van der Waals surface area contributed by atoms with E-state index in [1.54, 1.807) is 18.4 Å². The molecule has 4 nitrogen and oxygen atoms in total. The molecular weight excluding hydrogens is 222 g/mol. The van der Waals surface area contributed by atoms with Crippen LogP contribution in [-0.2, 0) is 6.42 Å². The second-order valence-electron chi connectivity index (χ2n) is 3.56. The molecule has 0 saturated heterocycles. The summed E-state index contributed by atoms with van der Waals surface area (Å²) in [6.45, 7) is 2.13. The number of ether oxygens (including phenoxy) is 1. The molecule has 0 atom stereocenters. The van der Waals surface area contributed by atoms with Gasteiger partial charge in [-0.25, -0.2) is 0 Å². The van der Waals surface area contributed by atoms with Crippen molar-refractivity contribution < 1.29 is 4.74 Å². The Labute approximate surface area is 98.4 Å². The number of H-pyrrole nitrogens is 1. The van der Waals surface area contributed by atoms with Crippen LogP contribution in [0.1, 0.15) is 18.9 Å². The molecule has 0 fully saturated rings. The van der Waals surface area contributed by atoms with Gasteiger partial charge in [-0.2, -0.15) is 5.10 Å². The molecule has 0 aliphatic heterocycles. The zero-order valence-electron chi connectivity index (χ0n) is 9.41. The Hall–Kier alpha value is -1.49. The summed E-state index contributed by atoms with van der Waals surface area (Å²) in [6, 6.07) is 2.00. The van der Waals surface area contributed by atoms with Crippen LogP contribution in [-0.4, -0.2) is 17.3 Å². The van der Waals surface area contributed by atoms with Gasteiger partial charge < -0.3 is 10.5 Å². The van der Waals surface area contributed by atoms with Gasteiger partial charge in [-0.1, -0.05) is 13.3 Å². The largest absolute Gasteiger partial charge is 0.496 e. The second kappa shape index (κ2) is 4.57. The quantitative estimate of drug-likeness (QED) is 0.859. The lowest BCUT2D eigenvalue weighted by Gasteiger charge is -1.99. The van der Waals surface area contributed by atoms with Crippen molar-refractivity contribution in [3.63, 3.8) is 0 Å². The van der Waals surface area contributed by atoms with Gasteiger partial charge in [0.05, 0.1) is 17.7 Å². The lowest BCUT2D eigenvalue weighted by Crippen LogP contribution is -1.91. The number of methoxy groups -OCH3 is 1. The van der Waals surface area contributed by atoms with E-state index in [-0.39, 0.29) is 0 Å². The van der Waals surface area contributed by atoms with Gasteiger partial charge in [0.25, 0.3) is 0 Å². The average molecular weight is 237 g/mol. The van der Waals surface area contributed by atoms with E-state index in [2.05, 4.69) is 17.1 Å². The van der Waals surface area contributed by atoms with E-state index in [1.165, 1.54) is 0 Å². The van der Waals surface area contributed by atoms with Crippen LogP contribution in [0.3, 0.4) is 0 Å². The number of aromatic nitrogens is 2. The fourth-order valence-electron chi connectivity index (χ4n) is 1.64. The highest BCUT2D eigenvalue weighted by molar-refractivity contribution is 7.13. The molecule has 0 aliphatic carbocycles. The maximum atomic E-state index is 5.84.